The zero-order valence-corrected chi connectivity index (χ0v) is 6.75. The fourth-order valence-electron chi connectivity index (χ4n) is 0.795. The number of thiol groups is 1. The van der Waals surface area contributed by atoms with Crippen LogP contribution in [0, 0.1) is 0 Å². The molecule has 11 heavy (non-hydrogen) atoms. The average Bonchev–Trinajstić information content (AvgIpc) is 2.06. The maximum absolute atomic E-state index is 10.7. The van der Waals surface area contributed by atoms with Gasteiger partial charge in [-0.2, -0.15) is 0 Å². The molecule has 1 aromatic carbocycles. The van der Waals surface area contributed by atoms with Gasteiger partial charge in [-0.1, -0.05) is 30.3 Å². The van der Waals surface area contributed by atoms with Crippen LogP contribution in [-0.4, -0.2) is 5.97 Å². The van der Waals surface area contributed by atoms with Gasteiger partial charge in [0.1, 0.15) is 0 Å². The van der Waals surface area contributed by atoms with Gasteiger partial charge in [-0.05, 0) is 5.56 Å². The van der Waals surface area contributed by atoms with Gasteiger partial charge in [-0.15, -0.1) is 0 Å². The Kier molecular flexibility index (Phi) is 2.98. The second kappa shape index (κ2) is 4.03. The van der Waals surface area contributed by atoms with Crippen LogP contribution >= 0.6 is 12.9 Å². The van der Waals surface area contributed by atoms with Crippen LogP contribution in [0.3, 0.4) is 0 Å². The van der Waals surface area contributed by atoms with Crippen molar-refractivity contribution in [1.82, 2.24) is 0 Å². The molecule has 0 aromatic heterocycles. The fraction of sp³-hybridized carbons (Fsp3) is 0.125. The van der Waals surface area contributed by atoms with Crippen molar-refractivity contribution < 1.29 is 8.98 Å². The lowest BCUT2D eigenvalue weighted by Crippen LogP contribution is -2.00. The summed E-state index contributed by atoms with van der Waals surface area (Å²) in [5, 5.41) is 0. The molecule has 1 rings (SSSR count). The van der Waals surface area contributed by atoms with E-state index in [1.807, 2.05) is 30.3 Å². The summed E-state index contributed by atoms with van der Waals surface area (Å²) in [6.45, 7) is 0. The summed E-state index contributed by atoms with van der Waals surface area (Å²) >= 11 is 3.40. The van der Waals surface area contributed by atoms with E-state index in [1.165, 1.54) is 0 Å². The zero-order valence-electron chi connectivity index (χ0n) is 5.86. The topological polar surface area (TPSA) is 26.3 Å². The Bertz CT molecular complexity index is 233. The number of carbonyl (C=O) groups excluding carboxylic acids is 1. The molecule has 0 aliphatic carbocycles. The normalized spacial score (nSPS) is 9.18. The van der Waals surface area contributed by atoms with Crippen LogP contribution in [0.1, 0.15) is 5.56 Å². The highest BCUT2D eigenvalue weighted by atomic mass is 32.1. The molecule has 0 bridgehead atoms. The van der Waals surface area contributed by atoms with Gasteiger partial charge >= 0.3 is 5.97 Å². The van der Waals surface area contributed by atoms with Crippen LogP contribution < -0.4 is 0 Å². The summed E-state index contributed by atoms with van der Waals surface area (Å²) in [5.74, 6) is -0.334. The summed E-state index contributed by atoms with van der Waals surface area (Å²) in [7, 11) is 0. The van der Waals surface area contributed by atoms with E-state index in [0.29, 0.717) is 0 Å². The van der Waals surface area contributed by atoms with Crippen molar-refractivity contribution >= 4 is 18.9 Å². The summed E-state index contributed by atoms with van der Waals surface area (Å²) in [6, 6.07) is 9.38. The van der Waals surface area contributed by atoms with E-state index in [0.717, 1.165) is 5.56 Å². The molecule has 0 N–H and O–H groups in total. The Morgan fingerprint density at radius 2 is 2.00 bits per heavy atom. The highest BCUT2D eigenvalue weighted by Crippen LogP contribution is 2.00. The Morgan fingerprint density at radius 1 is 1.36 bits per heavy atom. The lowest BCUT2D eigenvalue weighted by Gasteiger charge is -1.96. The quantitative estimate of drug-likeness (QED) is 0.536. The van der Waals surface area contributed by atoms with E-state index in [9.17, 15) is 4.79 Å². The molecule has 0 aliphatic heterocycles. The molecule has 0 saturated heterocycles. The number of benzene rings is 1. The summed E-state index contributed by atoms with van der Waals surface area (Å²) in [6.07, 6.45) is 0.282. The standard InChI is InChI=1S/C8H8O2S/c9-8(10-11)6-7-4-2-1-3-5-7/h1-5,11H,6H2. The van der Waals surface area contributed by atoms with Gasteiger partial charge in [0.05, 0.1) is 6.42 Å². The van der Waals surface area contributed by atoms with Crippen LogP contribution in [0.4, 0.5) is 0 Å². The van der Waals surface area contributed by atoms with Gasteiger partial charge in [0.2, 0.25) is 0 Å². The van der Waals surface area contributed by atoms with Crippen molar-refractivity contribution in [3.05, 3.63) is 35.9 Å². The number of hydrogen-bond donors (Lipinski definition) is 1. The van der Waals surface area contributed by atoms with E-state index in [4.69, 9.17) is 0 Å². The molecule has 0 aliphatic rings. The van der Waals surface area contributed by atoms with E-state index in [2.05, 4.69) is 17.1 Å². The summed E-state index contributed by atoms with van der Waals surface area (Å²) in [5.41, 5.74) is 0.937. The summed E-state index contributed by atoms with van der Waals surface area (Å²) < 4.78 is 4.21. The van der Waals surface area contributed by atoms with Crippen LogP contribution in [-0.2, 0) is 15.4 Å². The first-order chi connectivity index (χ1) is 5.33. The Labute approximate surface area is 70.8 Å². The molecule has 1 aromatic rings. The third kappa shape index (κ3) is 2.63. The third-order valence-corrected chi connectivity index (χ3v) is 1.50. The fourth-order valence-corrected chi connectivity index (χ4v) is 0.859. The van der Waals surface area contributed by atoms with Crippen molar-refractivity contribution in [2.24, 2.45) is 0 Å². The monoisotopic (exact) mass is 168 g/mol. The maximum Gasteiger partial charge on any atom is 0.322 e. The average molecular weight is 168 g/mol. The molecule has 58 valence electrons. The smallest absolute Gasteiger partial charge is 0.322 e. The largest absolute Gasteiger partial charge is 0.394 e. The van der Waals surface area contributed by atoms with Gasteiger partial charge in [-0.3, -0.25) is 4.79 Å². The van der Waals surface area contributed by atoms with Crippen LogP contribution in [0.2, 0.25) is 0 Å². The Hall–Kier alpha value is -0.960. The van der Waals surface area contributed by atoms with Gasteiger partial charge in [-0.25, -0.2) is 0 Å². The zero-order chi connectivity index (χ0) is 8.10. The van der Waals surface area contributed by atoms with Gasteiger partial charge in [0.15, 0.2) is 0 Å². The molecular formula is C8H8O2S. The van der Waals surface area contributed by atoms with Crippen molar-refractivity contribution in [2.75, 3.05) is 0 Å². The Morgan fingerprint density at radius 3 is 2.55 bits per heavy atom. The lowest BCUT2D eigenvalue weighted by atomic mass is 10.2. The van der Waals surface area contributed by atoms with E-state index < -0.39 is 0 Å². The number of carbonyl (C=O) groups is 1. The second-order valence-electron chi connectivity index (χ2n) is 2.13. The first-order valence-corrected chi connectivity index (χ1v) is 3.57. The lowest BCUT2D eigenvalue weighted by molar-refractivity contribution is -0.132. The highest BCUT2D eigenvalue weighted by Gasteiger charge is 2.00. The minimum atomic E-state index is -0.334. The van der Waals surface area contributed by atoms with Crippen molar-refractivity contribution in [3.63, 3.8) is 0 Å². The molecule has 2 nitrogen and oxygen atoms in total. The van der Waals surface area contributed by atoms with Crippen molar-refractivity contribution in [2.45, 2.75) is 6.42 Å². The molecular weight excluding hydrogens is 160 g/mol. The van der Waals surface area contributed by atoms with Crippen molar-refractivity contribution in [3.8, 4) is 0 Å². The predicted molar refractivity (Wildman–Crippen MR) is 45.2 cm³/mol. The van der Waals surface area contributed by atoms with Crippen LogP contribution in [0.5, 0.6) is 0 Å². The molecule has 0 atom stereocenters. The molecule has 0 heterocycles. The molecule has 0 saturated carbocycles. The van der Waals surface area contributed by atoms with Crippen molar-refractivity contribution in [1.29, 1.82) is 0 Å². The molecule has 0 spiro atoms. The van der Waals surface area contributed by atoms with Crippen LogP contribution in [0.15, 0.2) is 30.3 Å². The van der Waals surface area contributed by atoms with E-state index >= 15 is 0 Å². The Balaban J connectivity index is 2.58. The minimum Gasteiger partial charge on any atom is -0.394 e. The first-order valence-electron chi connectivity index (χ1n) is 3.21. The maximum atomic E-state index is 10.7. The van der Waals surface area contributed by atoms with E-state index in [1.54, 1.807) is 0 Å². The van der Waals surface area contributed by atoms with Gasteiger partial charge < -0.3 is 4.18 Å². The highest BCUT2D eigenvalue weighted by molar-refractivity contribution is 7.75. The SMILES string of the molecule is O=C(Cc1ccccc1)OS. The molecule has 0 amide bonds. The molecule has 0 radical (unpaired) electrons. The first kappa shape index (κ1) is 8.14. The van der Waals surface area contributed by atoms with Gasteiger partial charge in [0, 0.05) is 12.9 Å². The minimum absolute atomic E-state index is 0.282. The molecule has 0 unspecified atom stereocenters. The summed E-state index contributed by atoms with van der Waals surface area (Å²) in [4.78, 5) is 10.7. The number of hydrogen-bond acceptors (Lipinski definition) is 3. The third-order valence-electron chi connectivity index (χ3n) is 1.29. The predicted octanol–water partition coefficient (Wildman–Crippen LogP) is 1.62. The molecule has 0 fully saturated rings. The second-order valence-corrected chi connectivity index (χ2v) is 2.31. The van der Waals surface area contributed by atoms with Crippen LogP contribution in [0.25, 0.3) is 0 Å². The van der Waals surface area contributed by atoms with Gasteiger partial charge in [0.25, 0.3) is 0 Å². The van der Waals surface area contributed by atoms with E-state index in [-0.39, 0.29) is 12.4 Å². The number of rotatable bonds is 2. The molecule has 3 heteroatoms.